The van der Waals surface area contributed by atoms with E-state index in [0.717, 1.165) is 75.7 Å². The van der Waals surface area contributed by atoms with Gasteiger partial charge in [-0.15, -0.1) is 69.8 Å². The van der Waals surface area contributed by atoms with E-state index in [2.05, 4.69) is 187 Å². The van der Waals surface area contributed by atoms with Gasteiger partial charge in [0.2, 0.25) is 0 Å². The number of rotatable bonds is 13. The van der Waals surface area contributed by atoms with Gasteiger partial charge in [-0.1, -0.05) is 172 Å². The average molecular weight is 1360 g/mol. The van der Waals surface area contributed by atoms with Crippen molar-refractivity contribution in [2.45, 2.75) is 115 Å². The van der Waals surface area contributed by atoms with Gasteiger partial charge in [0.25, 0.3) is 0 Å². The topological polar surface area (TPSA) is 100 Å². The van der Waals surface area contributed by atoms with Crippen LogP contribution in [0.4, 0.5) is 0 Å². The molecule has 6 aromatic carbocycles. The number of pyridine rings is 2. The molecule has 0 bridgehead atoms. The number of benzene rings is 6. The molecular formula is C67H74Ir2N2O4-2. The normalized spacial score (nSPS) is 11.1. The molecule has 2 radical (unpaired) electrons. The first-order valence-electron chi connectivity index (χ1n) is 25.7. The van der Waals surface area contributed by atoms with Crippen LogP contribution in [-0.4, -0.2) is 31.7 Å². The molecule has 0 aliphatic carbocycles. The molecule has 0 fully saturated rings. The first-order valence-corrected chi connectivity index (χ1v) is 25.7. The van der Waals surface area contributed by atoms with Crippen molar-refractivity contribution in [2.75, 3.05) is 0 Å². The molecule has 0 saturated heterocycles. The fraction of sp³-hybridized carbons (Fsp3) is 0.284. The third-order valence-corrected chi connectivity index (χ3v) is 12.8. The third kappa shape index (κ3) is 18.9. The van der Waals surface area contributed by atoms with Crippen LogP contribution in [0.15, 0.2) is 163 Å². The molecule has 0 spiro atoms. The van der Waals surface area contributed by atoms with E-state index in [4.69, 9.17) is 15.1 Å². The van der Waals surface area contributed by atoms with Crippen LogP contribution in [0.25, 0.3) is 66.6 Å². The zero-order chi connectivity index (χ0) is 53.2. The van der Waals surface area contributed by atoms with E-state index in [0.29, 0.717) is 5.92 Å². The molecule has 8 aromatic rings. The molecule has 8 heteroatoms. The second kappa shape index (κ2) is 31.0. The monoisotopic (exact) mass is 1360 g/mol. The maximum atomic E-state index is 11.7. The first kappa shape index (κ1) is 63.2. The number of carbonyl (C=O) groups is 2. The van der Waals surface area contributed by atoms with Gasteiger partial charge in [0, 0.05) is 69.6 Å². The smallest absolute Gasteiger partial charge is 0.162 e. The summed E-state index contributed by atoms with van der Waals surface area (Å²) >= 11 is 0. The molecule has 0 aliphatic heterocycles. The third-order valence-electron chi connectivity index (χ3n) is 12.8. The number of aliphatic hydroxyl groups excluding tert-OH is 2. The molecule has 0 saturated carbocycles. The Kier molecular flexibility index (Phi) is 26.1. The van der Waals surface area contributed by atoms with Gasteiger partial charge in [0.1, 0.15) is 0 Å². The number of hydrogen-bond donors (Lipinski definition) is 2. The predicted molar refractivity (Wildman–Crippen MR) is 307 cm³/mol. The Morgan fingerprint density at radius 3 is 1.56 bits per heavy atom. The van der Waals surface area contributed by atoms with E-state index in [9.17, 15) is 14.7 Å². The molecule has 396 valence electrons. The summed E-state index contributed by atoms with van der Waals surface area (Å²) in [7, 11) is 0. The number of aliphatic hydroxyl groups is 2. The second-order valence-electron chi connectivity index (χ2n) is 19.2. The van der Waals surface area contributed by atoms with Gasteiger partial charge in [-0.25, -0.2) is 0 Å². The van der Waals surface area contributed by atoms with Crippen molar-refractivity contribution >= 4 is 33.4 Å². The molecule has 2 aromatic heterocycles. The van der Waals surface area contributed by atoms with E-state index in [1.165, 1.54) is 70.3 Å². The number of ketones is 2. The molecule has 75 heavy (non-hydrogen) atoms. The number of hydrogen-bond acceptors (Lipinski definition) is 6. The van der Waals surface area contributed by atoms with Gasteiger partial charge in [-0.05, 0) is 102 Å². The van der Waals surface area contributed by atoms with Crippen LogP contribution < -0.4 is 0 Å². The van der Waals surface area contributed by atoms with E-state index >= 15 is 0 Å². The van der Waals surface area contributed by atoms with E-state index in [1.54, 1.807) is 0 Å². The number of carbonyl (C=O) groups excluding carboxylic acids is 2. The van der Waals surface area contributed by atoms with Gasteiger partial charge in [0.15, 0.2) is 11.6 Å². The van der Waals surface area contributed by atoms with Crippen LogP contribution in [0.2, 0.25) is 0 Å². The molecule has 0 atom stereocenters. The predicted octanol–water partition coefficient (Wildman–Crippen LogP) is 18.0. The van der Waals surface area contributed by atoms with Gasteiger partial charge in [0.05, 0.1) is 22.6 Å². The van der Waals surface area contributed by atoms with Crippen LogP contribution >= 0.6 is 0 Å². The van der Waals surface area contributed by atoms with Gasteiger partial charge in [-0.3, -0.25) is 19.6 Å². The molecule has 6 nitrogen and oxygen atoms in total. The number of allylic oxidation sites excluding steroid dienone is 4. The Labute approximate surface area is 474 Å². The summed E-state index contributed by atoms with van der Waals surface area (Å²) in [6, 6.07) is 56.1. The Bertz CT molecular complexity index is 3130. The first-order chi connectivity index (χ1) is 34.9. The van der Waals surface area contributed by atoms with Crippen LogP contribution in [0.1, 0.15) is 115 Å². The summed E-state index contributed by atoms with van der Waals surface area (Å²) < 4.78 is 0. The van der Waals surface area contributed by atoms with Crippen molar-refractivity contribution in [3.05, 3.63) is 203 Å². The largest absolute Gasteiger partial charge is 0.512 e. The second-order valence-corrected chi connectivity index (χ2v) is 19.2. The van der Waals surface area contributed by atoms with Crippen LogP contribution in [0.3, 0.4) is 0 Å². The van der Waals surface area contributed by atoms with Crippen molar-refractivity contribution in [2.24, 2.45) is 11.8 Å². The molecule has 8 rings (SSSR count). The van der Waals surface area contributed by atoms with Crippen LogP contribution in [0, 0.1) is 51.7 Å². The Balaban J connectivity index is 0.000000284. The van der Waals surface area contributed by atoms with Gasteiger partial charge >= 0.3 is 0 Å². The van der Waals surface area contributed by atoms with Crippen molar-refractivity contribution in [3.63, 3.8) is 0 Å². The molecule has 2 N–H and O–H groups in total. The minimum absolute atomic E-state index is 0. The minimum atomic E-state index is -0.125. The summed E-state index contributed by atoms with van der Waals surface area (Å²) in [5.74, 6) is 1.03. The average Bonchev–Trinajstić information content (AvgIpc) is 3.36. The molecule has 0 aliphatic rings. The zero-order valence-electron chi connectivity index (χ0n) is 45.8. The van der Waals surface area contributed by atoms with Crippen molar-refractivity contribution in [1.29, 1.82) is 0 Å². The van der Waals surface area contributed by atoms with Crippen molar-refractivity contribution in [3.8, 4) is 44.8 Å². The fourth-order valence-electron chi connectivity index (χ4n) is 8.82. The minimum Gasteiger partial charge on any atom is -0.512 e. The van der Waals surface area contributed by atoms with E-state index in [-0.39, 0.29) is 75.1 Å². The van der Waals surface area contributed by atoms with Gasteiger partial charge < -0.3 is 10.2 Å². The summed E-state index contributed by atoms with van der Waals surface area (Å²) in [5, 5.41) is 20.5. The Morgan fingerprint density at radius 1 is 0.547 bits per heavy atom. The summed E-state index contributed by atoms with van der Waals surface area (Å²) in [6.45, 7) is 23.7. The number of aromatic nitrogens is 2. The fourth-order valence-corrected chi connectivity index (χ4v) is 8.82. The number of fused-ring (bicyclic) bond motifs is 2. The molecular weight excluding hydrogens is 1280 g/mol. The molecule has 0 amide bonds. The number of aryl methyl sites for hydroxylation is 4. The van der Waals surface area contributed by atoms with E-state index < -0.39 is 0 Å². The Hall–Kier alpha value is -6.14. The molecule has 2 heterocycles. The Morgan fingerprint density at radius 2 is 1.07 bits per heavy atom. The standard InChI is InChI=1S/C26H24N.C23H18N.C13H24O2.C5H8O2.2Ir/c1-17(2)20-8-10-21(11-9-20)23-6-5-7-26-24(23)12-13-25(27-26)22-15-18(3)14-19(4)16-22;1-16-12-17(2)14-21(13-16)22-11-10-19-8-9-20(15-23(19)24-22)18-6-4-3-5-7-18;1-5-10(6-2)12(14)9-13(15)11(7-3)8-4;1-4(6)3-5(2)7;;/h5-15,17H,1-4H3;3-13,15H,1-2H3;9-11,14H,5-8H2,1-4H3;3,6H,1-2H3;;/q2*-1;;;;. The van der Waals surface area contributed by atoms with E-state index in [1.807, 2.05) is 33.8 Å². The summed E-state index contributed by atoms with van der Waals surface area (Å²) in [4.78, 5) is 31.5. The van der Waals surface area contributed by atoms with Crippen molar-refractivity contribution in [1.82, 2.24) is 9.97 Å². The quantitative estimate of drug-likeness (QED) is 0.0678. The maximum Gasteiger partial charge on any atom is 0.162 e. The van der Waals surface area contributed by atoms with Crippen molar-refractivity contribution < 1.29 is 60.0 Å². The zero-order valence-corrected chi connectivity index (χ0v) is 50.6. The van der Waals surface area contributed by atoms with Gasteiger partial charge in [-0.2, -0.15) is 0 Å². The SMILES string of the molecule is CC(=O)C=C(C)O.CCC(CC)C(=O)C=C(O)C(CC)CC.Cc1[c-]c(-c2ccc3c(-c4ccc(C(C)C)cc4)cccc3n2)cc(C)c1.Cc1[c-]c(-c2ccc3ccc(-c4ccccc4)cc3n2)cc(C)c1.[Ir].[Ir]. The molecule has 0 unspecified atom stereocenters. The van der Waals surface area contributed by atoms with Crippen LogP contribution in [0.5, 0.6) is 0 Å². The maximum absolute atomic E-state index is 11.7. The summed E-state index contributed by atoms with van der Waals surface area (Å²) in [5.41, 5.74) is 17.1. The van der Waals surface area contributed by atoms with Crippen LogP contribution in [-0.2, 0) is 49.8 Å². The summed E-state index contributed by atoms with van der Waals surface area (Å²) in [6.07, 6.45) is 6.07. The number of nitrogens with zero attached hydrogens (tertiary/aromatic N) is 2.